The zero-order valence-corrected chi connectivity index (χ0v) is 14.0. The molecule has 0 radical (unpaired) electrons. The minimum Gasteiger partial charge on any atom is -0.479 e. The number of nitrogens with one attached hydrogen (secondary N) is 1. The summed E-state index contributed by atoms with van der Waals surface area (Å²) >= 11 is 0. The van der Waals surface area contributed by atoms with Gasteiger partial charge >= 0.3 is 5.97 Å². The zero-order chi connectivity index (χ0) is 17.4. The smallest absolute Gasteiger partial charge is 0.334 e. The van der Waals surface area contributed by atoms with Crippen molar-refractivity contribution in [2.75, 3.05) is 19.8 Å². The van der Waals surface area contributed by atoms with E-state index in [-0.39, 0.29) is 31.5 Å². The summed E-state index contributed by atoms with van der Waals surface area (Å²) in [4.78, 5) is 24.0. The molecule has 6 nitrogen and oxygen atoms in total. The Morgan fingerprint density at radius 2 is 2.12 bits per heavy atom. The van der Waals surface area contributed by atoms with E-state index in [9.17, 15) is 14.7 Å². The molecule has 1 heterocycles. The number of hydrogen-bond donors (Lipinski definition) is 2. The number of rotatable bonds is 9. The van der Waals surface area contributed by atoms with E-state index in [1.165, 1.54) is 0 Å². The maximum absolute atomic E-state index is 12.2. The molecule has 6 heteroatoms. The molecule has 1 aromatic carbocycles. The number of amides is 1. The number of hydrogen-bond acceptors (Lipinski definition) is 4. The van der Waals surface area contributed by atoms with Crippen LogP contribution < -0.4 is 5.32 Å². The lowest BCUT2D eigenvalue weighted by Gasteiger charge is -2.30. The Morgan fingerprint density at radius 1 is 1.38 bits per heavy atom. The first-order chi connectivity index (χ1) is 11.6. The molecule has 1 amide bonds. The third kappa shape index (κ3) is 4.55. The fraction of sp³-hybridized carbons (Fsp3) is 0.556. The van der Waals surface area contributed by atoms with Crippen molar-refractivity contribution in [3.63, 3.8) is 0 Å². The van der Waals surface area contributed by atoms with E-state index in [4.69, 9.17) is 9.47 Å². The SMILES string of the molecule is CCC(NC(=O)CCOCC1CCCO1)(C(=O)O)c1ccccc1. The fourth-order valence-corrected chi connectivity index (χ4v) is 2.87. The Hall–Kier alpha value is -1.92. The van der Waals surface area contributed by atoms with Crippen LogP contribution in [0, 0.1) is 0 Å². The summed E-state index contributed by atoms with van der Waals surface area (Å²) in [6, 6.07) is 8.77. The summed E-state index contributed by atoms with van der Waals surface area (Å²) in [5.74, 6) is -1.40. The molecule has 0 aliphatic carbocycles. The minimum atomic E-state index is -1.41. The van der Waals surface area contributed by atoms with Crippen molar-refractivity contribution in [1.29, 1.82) is 0 Å². The number of aliphatic carboxylic acids is 1. The highest BCUT2D eigenvalue weighted by Gasteiger charge is 2.39. The Bertz CT molecular complexity index is 542. The third-order valence-electron chi connectivity index (χ3n) is 4.32. The van der Waals surface area contributed by atoms with Crippen LogP contribution in [0.1, 0.15) is 38.2 Å². The van der Waals surface area contributed by atoms with E-state index in [1.54, 1.807) is 31.2 Å². The minimum absolute atomic E-state index is 0.117. The number of carboxylic acid groups (broad SMARTS) is 1. The van der Waals surface area contributed by atoms with Gasteiger partial charge in [0.15, 0.2) is 5.54 Å². The van der Waals surface area contributed by atoms with Crippen LogP contribution in [0.3, 0.4) is 0 Å². The maximum Gasteiger partial charge on any atom is 0.334 e. The average molecular weight is 335 g/mol. The molecule has 2 atom stereocenters. The fourth-order valence-electron chi connectivity index (χ4n) is 2.87. The van der Waals surface area contributed by atoms with E-state index in [0.29, 0.717) is 12.2 Å². The molecule has 1 saturated heterocycles. The highest BCUT2D eigenvalue weighted by atomic mass is 16.5. The number of carbonyl (C=O) groups is 2. The maximum atomic E-state index is 12.2. The van der Waals surface area contributed by atoms with Crippen molar-refractivity contribution < 1.29 is 24.2 Å². The van der Waals surface area contributed by atoms with Crippen LogP contribution in [-0.2, 0) is 24.6 Å². The molecule has 0 spiro atoms. The molecular weight excluding hydrogens is 310 g/mol. The lowest BCUT2D eigenvalue weighted by Crippen LogP contribution is -2.51. The lowest BCUT2D eigenvalue weighted by molar-refractivity contribution is -0.148. The van der Waals surface area contributed by atoms with Gasteiger partial charge in [0.05, 0.1) is 19.3 Å². The molecular formula is C18H25NO5. The predicted octanol–water partition coefficient (Wildman–Crippen LogP) is 2.08. The van der Waals surface area contributed by atoms with Crippen LogP contribution in [0.25, 0.3) is 0 Å². The molecule has 1 aromatic rings. The van der Waals surface area contributed by atoms with Gasteiger partial charge in [-0.25, -0.2) is 4.79 Å². The van der Waals surface area contributed by atoms with Crippen LogP contribution in [0.15, 0.2) is 30.3 Å². The summed E-state index contributed by atoms with van der Waals surface area (Å²) in [5.41, 5.74) is -0.846. The lowest BCUT2D eigenvalue weighted by atomic mass is 9.87. The molecule has 0 saturated carbocycles. The summed E-state index contributed by atoms with van der Waals surface area (Å²) in [5, 5.41) is 12.4. The zero-order valence-electron chi connectivity index (χ0n) is 14.0. The first-order valence-electron chi connectivity index (χ1n) is 8.37. The summed E-state index contributed by atoms with van der Waals surface area (Å²) in [6.07, 6.45) is 2.52. The van der Waals surface area contributed by atoms with Crippen molar-refractivity contribution in [1.82, 2.24) is 5.32 Å². The summed E-state index contributed by atoms with van der Waals surface area (Å²) < 4.78 is 10.9. The van der Waals surface area contributed by atoms with Gasteiger partial charge in [0.25, 0.3) is 0 Å². The van der Waals surface area contributed by atoms with Gasteiger partial charge in [0.1, 0.15) is 0 Å². The number of ether oxygens (including phenoxy) is 2. The molecule has 1 aliphatic rings. The molecule has 2 rings (SSSR count). The molecule has 24 heavy (non-hydrogen) atoms. The molecule has 0 bridgehead atoms. The normalized spacial score (nSPS) is 19.6. The van der Waals surface area contributed by atoms with E-state index in [2.05, 4.69) is 5.32 Å². The second kappa shape index (κ2) is 8.80. The van der Waals surface area contributed by atoms with Crippen LogP contribution in [0.4, 0.5) is 0 Å². The van der Waals surface area contributed by atoms with Gasteiger partial charge in [-0.3, -0.25) is 4.79 Å². The van der Waals surface area contributed by atoms with Gasteiger partial charge in [-0.1, -0.05) is 37.3 Å². The molecule has 132 valence electrons. The van der Waals surface area contributed by atoms with Crippen LogP contribution in [0.5, 0.6) is 0 Å². The molecule has 1 fully saturated rings. The average Bonchev–Trinajstić information content (AvgIpc) is 3.10. The van der Waals surface area contributed by atoms with Crippen molar-refractivity contribution >= 4 is 11.9 Å². The van der Waals surface area contributed by atoms with Crippen molar-refractivity contribution in [3.8, 4) is 0 Å². The topological polar surface area (TPSA) is 84.9 Å². The van der Waals surface area contributed by atoms with Crippen molar-refractivity contribution in [3.05, 3.63) is 35.9 Å². The summed E-state index contributed by atoms with van der Waals surface area (Å²) in [6.45, 7) is 3.24. The molecule has 1 aliphatic heterocycles. The van der Waals surface area contributed by atoms with Gasteiger partial charge in [0, 0.05) is 13.0 Å². The van der Waals surface area contributed by atoms with E-state index < -0.39 is 11.5 Å². The Labute approximate surface area is 142 Å². The molecule has 2 unspecified atom stereocenters. The highest BCUT2D eigenvalue weighted by Crippen LogP contribution is 2.25. The quantitative estimate of drug-likeness (QED) is 0.675. The highest BCUT2D eigenvalue weighted by molar-refractivity contribution is 5.88. The van der Waals surface area contributed by atoms with Gasteiger partial charge in [-0.15, -0.1) is 0 Å². The largest absolute Gasteiger partial charge is 0.479 e. The Morgan fingerprint density at radius 3 is 2.71 bits per heavy atom. The van der Waals surface area contributed by atoms with Crippen LogP contribution in [0.2, 0.25) is 0 Å². The molecule has 0 aromatic heterocycles. The van der Waals surface area contributed by atoms with Crippen LogP contribution >= 0.6 is 0 Å². The Balaban J connectivity index is 1.89. The second-order valence-corrected chi connectivity index (χ2v) is 5.94. The van der Waals surface area contributed by atoms with E-state index >= 15 is 0 Å². The van der Waals surface area contributed by atoms with Gasteiger partial charge in [-0.2, -0.15) is 0 Å². The van der Waals surface area contributed by atoms with E-state index in [1.807, 2.05) is 6.07 Å². The van der Waals surface area contributed by atoms with E-state index in [0.717, 1.165) is 19.4 Å². The third-order valence-corrected chi connectivity index (χ3v) is 4.32. The first-order valence-corrected chi connectivity index (χ1v) is 8.37. The van der Waals surface area contributed by atoms with Gasteiger partial charge in [-0.05, 0) is 24.8 Å². The first kappa shape index (κ1) is 18.4. The second-order valence-electron chi connectivity index (χ2n) is 5.94. The molecule has 2 N–H and O–H groups in total. The number of benzene rings is 1. The van der Waals surface area contributed by atoms with Gasteiger partial charge in [0.2, 0.25) is 5.91 Å². The number of carboxylic acids is 1. The number of carbonyl (C=O) groups excluding carboxylic acids is 1. The van der Waals surface area contributed by atoms with Crippen LogP contribution in [-0.4, -0.2) is 42.9 Å². The predicted molar refractivity (Wildman–Crippen MR) is 88.6 cm³/mol. The van der Waals surface area contributed by atoms with Crippen molar-refractivity contribution in [2.45, 2.75) is 44.2 Å². The summed E-state index contributed by atoms with van der Waals surface area (Å²) in [7, 11) is 0. The monoisotopic (exact) mass is 335 g/mol. The van der Waals surface area contributed by atoms with Gasteiger partial charge < -0.3 is 19.9 Å². The van der Waals surface area contributed by atoms with Crippen molar-refractivity contribution in [2.24, 2.45) is 0 Å². The Kier molecular flexibility index (Phi) is 6.75. The standard InChI is InChI=1S/C18H25NO5/c1-2-18(17(21)22,14-7-4-3-5-8-14)19-16(20)10-12-23-13-15-9-6-11-24-15/h3-5,7-8,15H,2,6,9-13H2,1H3,(H,19,20)(H,21,22).